The van der Waals surface area contributed by atoms with E-state index in [1.165, 1.54) is 89.9 Å². The SMILES string of the molecule is CCC(C)CCCCCCCCCCC(=O)OC[C@H](COP(=O)(O)OC[C@@H](O)COP(=O)(O)OC[C@@H](COC(=O)CCCCCCCCC(C)C)OC(=O)CCCCCCCCCC(C)C)OC(=O)CCCCCCCCCC(C)C. The van der Waals surface area contributed by atoms with E-state index in [1.54, 1.807) is 0 Å². The number of ether oxygens (including phenoxy) is 4. The molecule has 0 radical (unpaired) electrons. The summed E-state index contributed by atoms with van der Waals surface area (Å²) in [6.45, 7) is 13.9. The molecule has 0 aromatic heterocycles. The predicted molar refractivity (Wildman–Crippen MR) is 321 cm³/mol. The molecule has 0 fully saturated rings. The summed E-state index contributed by atoms with van der Waals surface area (Å²) in [6, 6.07) is 0. The molecule has 0 heterocycles. The van der Waals surface area contributed by atoms with Crippen molar-refractivity contribution in [1.29, 1.82) is 0 Å². The highest BCUT2D eigenvalue weighted by molar-refractivity contribution is 7.47. The average Bonchev–Trinajstić information content (AvgIpc) is 3.41. The van der Waals surface area contributed by atoms with Crippen LogP contribution >= 0.6 is 15.6 Å². The molecule has 0 aliphatic carbocycles. The normalized spacial score (nSPS) is 14.8. The van der Waals surface area contributed by atoms with Gasteiger partial charge < -0.3 is 33.8 Å². The van der Waals surface area contributed by atoms with Gasteiger partial charge in [-0.1, -0.05) is 242 Å². The smallest absolute Gasteiger partial charge is 0.462 e. The number of hydrogen-bond acceptors (Lipinski definition) is 15. The Morgan fingerprint density at radius 1 is 0.346 bits per heavy atom. The second-order valence-electron chi connectivity index (χ2n) is 24.1. The number of phosphoric acid groups is 2. The first kappa shape index (κ1) is 79.1. The van der Waals surface area contributed by atoms with E-state index in [-0.39, 0.29) is 25.7 Å². The summed E-state index contributed by atoms with van der Waals surface area (Å²) in [5.41, 5.74) is 0. The lowest BCUT2D eigenvalue weighted by Crippen LogP contribution is -2.30. The number of carbonyl (C=O) groups excluding carboxylic acids is 4. The van der Waals surface area contributed by atoms with Crippen LogP contribution in [0.3, 0.4) is 0 Å². The lowest BCUT2D eigenvalue weighted by atomic mass is 9.99. The van der Waals surface area contributed by atoms with E-state index in [1.807, 2.05) is 0 Å². The van der Waals surface area contributed by atoms with Crippen LogP contribution in [0.5, 0.6) is 0 Å². The van der Waals surface area contributed by atoms with Crippen LogP contribution in [-0.4, -0.2) is 96.7 Å². The third kappa shape index (κ3) is 55.7. The highest BCUT2D eigenvalue weighted by Crippen LogP contribution is 2.45. The molecular formula is C62H120O17P2. The first-order valence-corrected chi connectivity index (χ1v) is 35.2. The monoisotopic (exact) mass is 1200 g/mol. The Kier molecular flexibility index (Phi) is 51.1. The van der Waals surface area contributed by atoms with Gasteiger partial charge in [-0.25, -0.2) is 9.13 Å². The molecule has 0 rings (SSSR count). The topological polar surface area (TPSA) is 237 Å². The van der Waals surface area contributed by atoms with Crippen molar-refractivity contribution in [2.24, 2.45) is 23.7 Å². The van der Waals surface area contributed by atoms with E-state index >= 15 is 0 Å². The highest BCUT2D eigenvalue weighted by Gasteiger charge is 2.30. The zero-order valence-electron chi connectivity index (χ0n) is 52.4. The van der Waals surface area contributed by atoms with Crippen molar-refractivity contribution in [3.8, 4) is 0 Å². The maximum absolute atomic E-state index is 12.9. The standard InChI is InChI=1S/C62H120O17P2/c1-9-55(8)41-33-25-16-10-11-17-26-34-42-59(64)72-48-57(78-61(66)44-36-28-18-12-14-22-30-38-52(2)3)50-76-80(68,69)74-46-56(63)47-75-81(70,71)77-51-58(49-73-60(65)43-35-27-21-20-24-32-40-54(6)7)79-62(67)45-37-29-19-13-15-23-31-39-53(4)5/h52-58,63H,9-51H2,1-8H3,(H,68,69)(H,70,71)/t55?,56-,57-,58-/m1/s1. The third-order valence-corrected chi connectivity index (χ3v) is 16.3. The molecular weight excluding hydrogens is 1080 g/mol. The van der Waals surface area contributed by atoms with E-state index in [2.05, 4.69) is 55.4 Å². The van der Waals surface area contributed by atoms with Crippen molar-refractivity contribution >= 4 is 39.5 Å². The van der Waals surface area contributed by atoms with Crippen LogP contribution in [0.2, 0.25) is 0 Å². The van der Waals surface area contributed by atoms with E-state index in [9.17, 15) is 43.2 Å². The molecule has 0 spiro atoms. The number of esters is 4. The van der Waals surface area contributed by atoms with Crippen LogP contribution in [0.15, 0.2) is 0 Å². The second kappa shape index (κ2) is 52.4. The Hall–Kier alpha value is -1.94. The van der Waals surface area contributed by atoms with Gasteiger partial charge in [-0.15, -0.1) is 0 Å². The first-order chi connectivity index (χ1) is 38.6. The van der Waals surface area contributed by atoms with Gasteiger partial charge >= 0.3 is 39.5 Å². The average molecular weight is 1200 g/mol. The van der Waals surface area contributed by atoms with E-state index in [4.69, 9.17) is 37.0 Å². The molecule has 81 heavy (non-hydrogen) atoms. The van der Waals surface area contributed by atoms with Gasteiger partial charge in [0, 0.05) is 25.7 Å². The Balaban J connectivity index is 5.25. The van der Waals surface area contributed by atoms with Crippen LogP contribution < -0.4 is 0 Å². The summed E-state index contributed by atoms with van der Waals surface area (Å²) < 4.78 is 67.8. The minimum Gasteiger partial charge on any atom is -0.462 e. The van der Waals surface area contributed by atoms with Gasteiger partial charge in [0.15, 0.2) is 12.2 Å². The zero-order chi connectivity index (χ0) is 60.4. The van der Waals surface area contributed by atoms with E-state index in [0.717, 1.165) is 102 Å². The predicted octanol–water partition coefficient (Wildman–Crippen LogP) is 16.6. The van der Waals surface area contributed by atoms with Crippen LogP contribution in [0.25, 0.3) is 0 Å². The minimum atomic E-state index is -4.94. The van der Waals surface area contributed by atoms with Gasteiger partial charge in [-0.3, -0.25) is 37.3 Å². The summed E-state index contributed by atoms with van der Waals surface area (Å²) in [6.07, 6.45) is 31.0. The fraction of sp³-hybridized carbons (Fsp3) is 0.935. The van der Waals surface area contributed by atoms with Crippen molar-refractivity contribution in [1.82, 2.24) is 0 Å². The summed E-state index contributed by atoms with van der Waals surface area (Å²) >= 11 is 0. The van der Waals surface area contributed by atoms with Gasteiger partial charge in [-0.2, -0.15) is 0 Å². The highest BCUT2D eigenvalue weighted by atomic mass is 31.2. The Morgan fingerprint density at radius 3 is 0.877 bits per heavy atom. The van der Waals surface area contributed by atoms with Gasteiger partial charge in [0.25, 0.3) is 0 Å². The maximum Gasteiger partial charge on any atom is 0.472 e. The number of hydrogen-bond donors (Lipinski definition) is 3. The molecule has 3 N–H and O–H groups in total. The number of aliphatic hydroxyl groups excluding tert-OH is 1. The molecule has 19 heteroatoms. The van der Waals surface area contributed by atoms with Crippen molar-refractivity contribution in [2.45, 2.75) is 311 Å². The molecule has 17 nitrogen and oxygen atoms in total. The Labute approximate surface area is 492 Å². The molecule has 0 bridgehead atoms. The number of carbonyl (C=O) groups is 4. The molecule has 3 unspecified atom stereocenters. The van der Waals surface area contributed by atoms with Crippen molar-refractivity contribution < 1.29 is 80.2 Å². The largest absolute Gasteiger partial charge is 0.472 e. The fourth-order valence-electron chi connectivity index (χ4n) is 9.04. The van der Waals surface area contributed by atoms with Gasteiger partial charge in [0.05, 0.1) is 26.4 Å². The summed E-state index contributed by atoms with van der Waals surface area (Å²) in [5, 5.41) is 10.5. The molecule has 0 saturated carbocycles. The molecule has 0 aromatic rings. The number of phosphoric ester groups is 2. The molecule has 0 aromatic carbocycles. The van der Waals surface area contributed by atoms with Crippen LogP contribution in [0.1, 0.15) is 293 Å². The molecule has 0 saturated heterocycles. The van der Waals surface area contributed by atoms with Crippen LogP contribution in [0, 0.1) is 23.7 Å². The molecule has 6 atom stereocenters. The molecule has 480 valence electrons. The van der Waals surface area contributed by atoms with Crippen molar-refractivity contribution in [2.75, 3.05) is 39.6 Å². The summed E-state index contributed by atoms with van der Waals surface area (Å²) in [7, 11) is -9.88. The maximum atomic E-state index is 12.9. The van der Waals surface area contributed by atoms with Crippen LogP contribution in [0.4, 0.5) is 0 Å². The van der Waals surface area contributed by atoms with Gasteiger partial charge in [0.2, 0.25) is 0 Å². The van der Waals surface area contributed by atoms with E-state index < -0.39 is 97.5 Å². The van der Waals surface area contributed by atoms with Crippen molar-refractivity contribution in [3.05, 3.63) is 0 Å². The lowest BCUT2D eigenvalue weighted by Gasteiger charge is -2.21. The fourth-order valence-corrected chi connectivity index (χ4v) is 10.6. The minimum absolute atomic E-state index is 0.102. The van der Waals surface area contributed by atoms with E-state index in [0.29, 0.717) is 43.4 Å². The third-order valence-electron chi connectivity index (χ3n) is 14.4. The molecule has 0 aliphatic heterocycles. The molecule has 0 amide bonds. The Morgan fingerprint density at radius 2 is 0.593 bits per heavy atom. The first-order valence-electron chi connectivity index (χ1n) is 32.2. The molecule has 0 aliphatic rings. The quantitative estimate of drug-likeness (QED) is 0.0222. The van der Waals surface area contributed by atoms with Gasteiger partial charge in [-0.05, 0) is 49.4 Å². The number of aliphatic hydroxyl groups is 1. The summed E-state index contributed by atoms with van der Waals surface area (Å²) in [5.74, 6) is 0.702. The second-order valence-corrected chi connectivity index (χ2v) is 27.0. The van der Waals surface area contributed by atoms with Crippen LogP contribution in [-0.2, 0) is 65.4 Å². The number of unbranched alkanes of at least 4 members (excludes halogenated alkanes) is 24. The zero-order valence-corrected chi connectivity index (χ0v) is 54.2. The summed E-state index contributed by atoms with van der Waals surface area (Å²) in [4.78, 5) is 72.1. The Bertz CT molecular complexity index is 1630. The lowest BCUT2D eigenvalue weighted by molar-refractivity contribution is -0.161. The number of rotatable bonds is 59. The van der Waals surface area contributed by atoms with Crippen molar-refractivity contribution in [3.63, 3.8) is 0 Å². The van der Waals surface area contributed by atoms with Gasteiger partial charge in [0.1, 0.15) is 19.3 Å².